The largest absolute Gasteiger partial charge is 0.437 e. The maximum absolute atomic E-state index is 6.01. The van der Waals surface area contributed by atoms with E-state index in [9.17, 15) is 0 Å². The number of hydrogen-bond donors (Lipinski definition) is 0. The molecule has 27 heavy (non-hydrogen) atoms. The van der Waals surface area contributed by atoms with E-state index in [0.717, 1.165) is 27.6 Å². The number of rotatable bonds is 1. The Morgan fingerprint density at radius 3 is 2.15 bits per heavy atom. The first-order valence-corrected chi connectivity index (χ1v) is 9.08. The fraction of sp³-hybridized carbons (Fsp3) is 0.0417. The summed E-state index contributed by atoms with van der Waals surface area (Å²) in [7, 11) is 0. The van der Waals surface area contributed by atoms with Gasteiger partial charge in [0.15, 0.2) is 0 Å². The zero-order valence-corrected chi connectivity index (χ0v) is 14.8. The molecule has 0 atom stereocenters. The van der Waals surface area contributed by atoms with Gasteiger partial charge in [0.25, 0.3) is 0 Å². The van der Waals surface area contributed by atoms with Crippen LogP contribution in [-0.2, 0) is 0 Å². The topological polar surface area (TPSA) is 31.0 Å². The van der Waals surface area contributed by atoms with Gasteiger partial charge >= 0.3 is 0 Å². The Balaban J connectivity index is 1.79. The van der Waals surface area contributed by atoms with Crippen LogP contribution in [0.2, 0.25) is 0 Å². The summed E-state index contributed by atoms with van der Waals surface area (Å²) in [5.74, 6) is 0. The first-order valence-electron chi connectivity index (χ1n) is 9.08. The van der Waals surface area contributed by atoms with Gasteiger partial charge in [-0.1, -0.05) is 36.4 Å². The molecule has 0 aliphatic rings. The molecule has 0 aliphatic heterocycles. The molecule has 0 aliphatic carbocycles. The molecule has 0 amide bonds. The third kappa shape index (κ3) is 1.94. The molecule has 0 unspecified atom stereocenters. The SMILES string of the molecule is Cc1cc(-n2c3ccccc3c3ccccc32)cc2c1oc1ncccc12. The molecule has 0 spiro atoms. The highest BCUT2D eigenvalue weighted by molar-refractivity contribution is 6.10. The smallest absolute Gasteiger partial charge is 0.227 e. The number of pyridine rings is 1. The molecule has 3 nitrogen and oxygen atoms in total. The van der Waals surface area contributed by atoms with Crippen molar-refractivity contribution in [3.05, 3.63) is 84.6 Å². The van der Waals surface area contributed by atoms with Gasteiger partial charge in [0.2, 0.25) is 5.71 Å². The average Bonchev–Trinajstić information content (AvgIpc) is 3.24. The van der Waals surface area contributed by atoms with E-state index in [2.05, 4.69) is 83.2 Å². The lowest BCUT2D eigenvalue weighted by Crippen LogP contribution is -1.94. The van der Waals surface area contributed by atoms with Gasteiger partial charge < -0.3 is 8.98 Å². The minimum absolute atomic E-state index is 0.690. The van der Waals surface area contributed by atoms with Crippen LogP contribution in [0.4, 0.5) is 0 Å². The number of para-hydroxylation sites is 2. The minimum atomic E-state index is 0.690. The summed E-state index contributed by atoms with van der Waals surface area (Å²) >= 11 is 0. The van der Waals surface area contributed by atoms with Crippen LogP contribution in [0.1, 0.15) is 5.56 Å². The zero-order chi connectivity index (χ0) is 18.0. The zero-order valence-electron chi connectivity index (χ0n) is 14.8. The molecule has 0 N–H and O–H groups in total. The lowest BCUT2D eigenvalue weighted by molar-refractivity contribution is 0.651. The molecule has 0 saturated heterocycles. The summed E-state index contributed by atoms with van der Waals surface area (Å²) in [5, 5.41) is 4.70. The number of aromatic nitrogens is 2. The van der Waals surface area contributed by atoms with E-state index in [4.69, 9.17) is 4.42 Å². The monoisotopic (exact) mass is 348 g/mol. The summed E-state index contributed by atoms with van der Waals surface area (Å²) in [5.41, 5.74) is 6.28. The van der Waals surface area contributed by atoms with Gasteiger partial charge in [0, 0.05) is 33.4 Å². The summed E-state index contributed by atoms with van der Waals surface area (Å²) in [6.45, 7) is 2.10. The molecule has 3 heteroatoms. The fourth-order valence-corrected chi connectivity index (χ4v) is 4.19. The minimum Gasteiger partial charge on any atom is -0.437 e. The lowest BCUT2D eigenvalue weighted by atomic mass is 10.1. The second-order valence-corrected chi connectivity index (χ2v) is 6.97. The Hall–Kier alpha value is -3.59. The third-order valence-corrected chi connectivity index (χ3v) is 5.36. The molecular weight excluding hydrogens is 332 g/mol. The van der Waals surface area contributed by atoms with E-state index < -0.39 is 0 Å². The number of furan rings is 1. The van der Waals surface area contributed by atoms with Crippen molar-refractivity contribution in [1.82, 2.24) is 9.55 Å². The van der Waals surface area contributed by atoms with Gasteiger partial charge in [0.1, 0.15) is 5.58 Å². The number of benzene rings is 3. The van der Waals surface area contributed by atoms with Crippen LogP contribution < -0.4 is 0 Å². The fourth-order valence-electron chi connectivity index (χ4n) is 4.19. The molecule has 6 aromatic rings. The van der Waals surface area contributed by atoms with Crippen LogP contribution in [0.5, 0.6) is 0 Å². The van der Waals surface area contributed by atoms with Crippen LogP contribution >= 0.6 is 0 Å². The Morgan fingerprint density at radius 2 is 1.41 bits per heavy atom. The highest BCUT2D eigenvalue weighted by atomic mass is 16.3. The molecule has 3 aromatic heterocycles. The highest BCUT2D eigenvalue weighted by Gasteiger charge is 2.15. The van der Waals surface area contributed by atoms with Gasteiger partial charge in [-0.05, 0) is 48.9 Å². The van der Waals surface area contributed by atoms with Crippen LogP contribution in [0, 0.1) is 6.92 Å². The molecule has 128 valence electrons. The summed E-state index contributed by atoms with van der Waals surface area (Å²) in [6, 6.07) is 25.6. The predicted octanol–water partition coefficient (Wildman–Crippen LogP) is 6.39. The van der Waals surface area contributed by atoms with E-state index in [1.165, 1.54) is 21.8 Å². The van der Waals surface area contributed by atoms with Crippen LogP contribution in [0.25, 0.3) is 49.6 Å². The van der Waals surface area contributed by atoms with Gasteiger partial charge in [-0.15, -0.1) is 0 Å². The van der Waals surface area contributed by atoms with Crippen molar-refractivity contribution < 1.29 is 4.42 Å². The van der Waals surface area contributed by atoms with Gasteiger partial charge in [-0.3, -0.25) is 0 Å². The van der Waals surface area contributed by atoms with Crippen LogP contribution in [0.3, 0.4) is 0 Å². The third-order valence-electron chi connectivity index (χ3n) is 5.36. The molecule has 0 bridgehead atoms. The van der Waals surface area contributed by atoms with Crippen molar-refractivity contribution in [2.24, 2.45) is 0 Å². The van der Waals surface area contributed by atoms with Crippen molar-refractivity contribution in [1.29, 1.82) is 0 Å². The van der Waals surface area contributed by atoms with E-state index >= 15 is 0 Å². The first-order chi connectivity index (χ1) is 13.3. The van der Waals surface area contributed by atoms with E-state index in [1.807, 2.05) is 6.07 Å². The molecule has 0 radical (unpaired) electrons. The van der Waals surface area contributed by atoms with E-state index in [0.29, 0.717) is 5.71 Å². The van der Waals surface area contributed by atoms with E-state index in [-0.39, 0.29) is 0 Å². The van der Waals surface area contributed by atoms with Crippen LogP contribution in [-0.4, -0.2) is 9.55 Å². The number of fused-ring (bicyclic) bond motifs is 6. The highest BCUT2D eigenvalue weighted by Crippen LogP contribution is 2.36. The molecular formula is C24H16N2O. The number of nitrogens with zero attached hydrogens (tertiary/aromatic N) is 2. The van der Waals surface area contributed by atoms with Crippen molar-refractivity contribution in [2.75, 3.05) is 0 Å². The second kappa shape index (κ2) is 5.21. The first kappa shape index (κ1) is 14.6. The Labute approximate surface area is 155 Å². The van der Waals surface area contributed by atoms with Gasteiger partial charge in [-0.25, -0.2) is 4.98 Å². The average molecular weight is 348 g/mol. The maximum atomic E-state index is 6.01. The molecule has 0 fully saturated rings. The quantitative estimate of drug-likeness (QED) is 0.345. The standard InChI is InChI=1S/C24H16N2O/c1-15-13-16(14-20-19-9-6-12-25-24(19)27-23(15)20)26-21-10-4-2-7-17(21)18-8-3-5-11-22(18)26/h2-14H,1H3. The van der Waals surface area contributed by atoms with E-state index in [1.54, 1.807) is 6.20 Å². The maximum Gasteiger partial charge on any atom is 0.227 e. The van der Waals surface area contributed by atoms with Crippen LogP contribution in [0.15, 0.2) is 83.4 Å². The second-order valence-electron chi connectivity index (χ2n) is 6.97. The van der Waals surface area contributed by atoms with Crippen molar-refractivity contribution in [3.63, 3.8) is 0 Å². The van der Waals surface area contributed by atoms with Gasteiger partial charge in [-0.2, -0.15) is 0 Å². The number of aryl methyl sites for hydroxylation is 1. The summed E-state index contributed by atoms with van der Waals surface area (Å²) in [6.07, 6.45) is 1.77. The van der Waals surface area contributed by atoms with Crippen molar-refractivity contribution in [3.8, 4) is 5.69 Å². The number of hydrogen-bond acceptors (Lipinski definition) is 2. The lowest BCUT2D eigenvalue weighted by Gasteiger charge is -2.09. The molecule has 3 aromatic carbocycles. The van der Waals surface area contributed by atoms with Gasteiger partial charge in [0.05, 0.1) is 11.0 Å². The van der Waals surface area contributed by atoms with Crippen molar-refractivity contribution in [2.45, 2.75) is 6.92 Å². The Bertz CT molecular complexity index is 1430. The normalized spacial score (nSPS) is 11.9. The summed E-state index contributed by atoms with van der Waals surface area (Å²) < 4.78 is 8.35. The summed E-state index contributed by atoms with van der Waals surface area (Å²) in [4.78, 5) is 4.38. The van der Waals surface area contributed by atoms with Crippen molar-refractivity contribution >= 4 is 43.9 Å². The Kier molecular flexibility index (Phi) is 2.81. The predicted molar refractivity (Wildman–Crippen MR) is 111 cm³/mol. The molecule has 6 rings (SSSR count). The molecule has 0 saturated carbocycles. The molecule has 3 heterocycles. The Morgan fingerprint density at radius 1 is 0.741 bits per heavy atom.